The standard InChI is InChI=1S/C14H22N2O3/c1-18-11-6-7-12(13(10-11)19-2)14(17)16-9-5-3-4-8-15/h6-7,10H,3-5,8-9,15H2,1-2H3,(H,16,17). The first-order valence-corrected chi connectivity index (χ1v) is 6.43. The number of hydrogen-bond acceptors (Lipinski definition) is 4. The van der Waals surface area contributed by atoms with Gasteiger partial charge in [0.25, 0.3) is 5.91 Å². The topological polar surface area (TPSA) is 73.6 Å². The Balaban J connectivity index is 2.56. The van der Waals surface area contributed by atoms with Gasteiger partial charge in [-0.25, -0.2) is 0 Å². The van der Waals surface area contributed by atoms with Gasteiger partial charge in [0.05, 0.1) is 19.8 Å². The van der Waals surface area contributed by atoms with Gasteiger partial charge in [-0.2, -0.15) is 0 Å². The van der Waals surface area contributed by atoms with E-state index in [1.54, 1.807) is 25.3 Å². The molecule has 0 saturated heterocycles. The molecule has 0 spiro atoms. The van der Waals surface area contributed by atoms with Gasteiger partial charge in [0.2, 0.25) is 0 Å². The number of benzene rings is 1. The van der Waals surface area contributed by atoms with Gasteiger partial charge >= 0.3 is 0 Å². The fourth-order valence-electron chi connectivity index (χ4n) is 1.73. The number of ether oxygens (including phenoxy) is 2. The fourth-order valence-corrected chi connectivity index (χ4v) is 1.73. The number of carbonyl (C=O) groups excluding carboxylic acids is 1. The Kier molecular flexibility index (Phi) is 6.74. The summed E-state index contributed by atoms with van der Waals surface area (Å²) in [5.41, 5.74) is 5.93. The fraction of sp³-hybridized carbons (Fsp3) is 0.500. The second kappa shape index (κ2) is 8.37. The molecule has 0 saturated carbocycles. The van der Waals surface area contributed by atoms with Crippen LogP contribution in [-0.2, 0) is 0 Å². The summed E-state index contributed by atoms with van der Waals surface area (Å²) in [7, 11) is 3.11. The molecule has 106 valence electrons. The van der Waals surface area contributed by atoms with Crippen molar-refractivity contribution in [2.45, 2.75) is 19.3 Å². The second-order valence-corrected chi connectivity index (χ2v) is 4.17. The van der Waals surface area contributed by atoms with Crippen molar-refractivity contribution >= 4 is 5.91 Å². The lowest BCUT2D eigenvalue weighted by molar-refractivity contribution is 0.0950. The van der Waals surface area contributed by atoms with E-state index in [0.29, 0.717) is 30.2 Å². The first-order chi connectivity index (χ1) is 9.22. The van der Waals surface area contributed by atoms with Crippen molar-refractivity contribution in [3.05, 3.63) is 23.8 Å². The Morgan fingerprint density at radius 2 is 2.00 bits per heavy atom. The Hall–Kier alpha value is -1.75. The molecule has 1 rings (SSSR count). The minimum atomic E-state index is -0.132. The SMILES string of the molecule is COc1ccc(C(=O)NCCCCCN)c(OC)c1. The van der Waals surface area contributed by atoms with Crippen LogP contribution in [0.4, 0.5) is 0 Å². The number of carbonyl (C=O) groups is 1. The summed E-state index contributed by atoms with van der Waals surface area (Å²) in [5, 5.41) is 2.87. The number of methoxy groups -OCH3 is 2. The zero-order chi connectivity index (χ0) is 14.1. The molecule has 3 N–H and O–H groups in total. The first kappa shape index (κ1) is 15.3. The molecule has 19 heavy (non-hydrogen) atoms. The normalized spacial score (nSPS) is 10.1. The molecule has 0 aliphatic rings. The summed E-state index contributed by atoms with van der Waals surface area (Å²) in [6, 6.07) is 5.14. The Morgan fingerprint density at radius 1 is 1.21 bits per heavy atom. The number of amides is 1. The third-order valence-electron chi connectivity index (χ3n) is 2.82. The van der Waals surface area contributed by atoms with Gasteiger partial charge in [-0.1, -0.05) is 6.42 Å². The highest BCUT2D eigenvalue weighted by molar-refractivity contribution is 5.97. The molecule has 0 aliphatic carbocycles. The minimum absolute atomic E-state index is 0.132. The highest BCUT2D eigenvalue weighted by atomic mass is 16.5. The van der Waals surface area contributed by atoms with Crippen molar-refractivity contribution in [1.29, 1.82) is 0 Å². The number of hydrogen-bond donors (Lipinski definition) is 2. The van der Waals surface area contributed by atoms with E-state index in [1.165, 1.54) is 7.11 Å². The molecule has 5 nitrogen and oxygen atoms in total. The molecule has 0 heterocycles. The molecule has 0 aromatic heterocycles. The van der Waals surface area contributed by atoms with Gasteiger partial charge in [-0.3, -0.25) is 4.79 Å². The summed E-state index contributed by atoms with van der Waals surface area (Å²) in [5.74, 6) is 1.04. The van der Waals surface area contributed by atoms with E-state index in [-0.39, 0.29) is 5.91 Å². The third kappa shape index (κ3) is 4.79. The van der Waals surface area contributed by atoms with Crippen LogP contribution in [0.15, 0.2) is 18.2 Å². The molecule has 1 amide bonds. The van der Waals surface area contributed by atoms with E-state index in [0.717, 1.165) is 19.3 Å². The van der Waals surface area contributed by atoms with Crippen LogP contribution < -0.4 is 20.5 Å². The highest BCUT2D eigenvalue weighted by Crippen LogP contribution is 2.24. The average Bonchev–Trinajstić information content (AvgIpc) is 2.46. The van der Waals surface area contributed by atoms with Gasteiger partial charge in [-0.15, -0.1) is 0 Å². The predicted molar refractivity (Wildman–Crippen MR) is 74.8 cm³/mol. The molecular formula is C14H22N2O3. The second-order valence-electron chi connectivity index (χ2n) is 4.17. The summed E-state index contributed by atoms with van der Waals surface area (Å²) < 4.78 is 10.3. The Morgan fingerprint density at radius 3 is 2.63 bits per heavy atom. The van der Waals surface area contributed by atoms with Crippen LogP contribution >= 0.6 is 0 Å². The van der Waals surface area contributed by atoms with Crippen molar-refractivity contribution in [1.82, 2.24) is 5.32 Å². The molecule has 5 heteroatoms. The maximum absolute atomic E-state index is 12.0. The monoisotopic (exact) mass is 266 g/mol. The quantitative estimate of drug-likeness (QED) is 0.700. The number of rotatable bonds is 8. The lowest BCUT2D eigenvalue weighted by atomic mass is 10.1. The van der Waals surface area contributed by atoms with Crippen molar-refractivity contribution in [2.24, 2.45) is 5.73 Å². The van der Waals surface area contributed by atoms with Crippen LogP contribution in [0.2, 0.25) is 0 Å². The highest BCUT2D eigenvalue weighted by Gasteiger charge is 2.12. The van der Waals surface area contributed by atoms with Crippen molar-refractivity contribution in [3.63, 3.8) is 0 Å². The van der Waals surface area contributed by atoms with Gasteiger partial charge < -0.3 is 20.5 Å². The molecular weight excluding hydrogens is 244 g/mol. The molecule has 0 aliphatic heterocycles. The number of nitrogens with one attached hydrogen (secondary N) is 1. The van der Waals surface area contributed by atoms with Gasteiger partial charge in [0.1, 0.15) is 11.5 Å². The first-order valence-electron chi connectivity index (χ1n) is 6.43. The van der Waals surface area contributed by atoms with Crippen molar-refractivity contribution < 1.29 is 14.3 Å². The predicted octanol–water partition coefficient (Wildman–Crippen LogP) is 1.56. The number of unbranched alkanes of at least 4 members (excludes halogenated alkanes) is 2. The Bertz CT molecular complexity index is 408. The van der Waals surface area contributed by atoms with Gasteiger partial charge in [-0.05, 0) is 31.5 Å². The molecule has 0 atom stereocenters. The lowest BCUT2D eigenvalue weighted by Gasteiger charge is -2.10. The summed E-state index contributed by atoms with van der Waals surface area (Å²) >= 11 is 0. The third-order valence-corrected chi connectivity index (χ3v) is 2.82. The smallest absolute Gasteiger partial charge is 0.255 e. The zero-order valence-corrected chi connectivity index (χ0v) is 11.6. The molecule has 0 unspecified atom stereocenters. The zero-order valence-electron chi connectivity index (χ0n) is 11.6. The van der Waals surface area contributed by atoms with Crippen LogP contribution in [0.5, 0.6) is 11.5 Å². The molecule has 1 aromatic carbocycles. The van der Waals surface area contributed by atoms with Crippen molar-refractivity contribution in [3.8, 4) is 11.5 Å². The summed E-state index contributed by atoms with van der Waals surface area (Å²) in [4.78, 5) is 12.0. The van der Waals surface area contributed by atoms with E-state index in [1.807, 2.05) is 0 Å². The largest absolute Gasteiger partial charge is 0.497 e. The van der Waals surface area contributed by atoms with E-state index >= 15 is 0 Å². The Labute approximate surface area is 114 Å². The van der Waals surface area contributed by atoms with Crippen LogP contribution in [-0.4, -0.2) is 33.2 Å². The van der Waals surface area contributed by atoms with Gasteiger partial charge in [0.15, 0.2) is 0 Å². The van der Waals surface area contributed by atoms with E-state index < -0.39 is 0 Å². The van der Waals surface area contributed by atoms with E-state index in [2.05, 4.69) is 5.32 Å². The maximum Gasteiger partial charge on any atom is 0.255 e. The summed E-state index contributed by atoms with van der Waals surface area (Å²) in [6.07, 6.45) is 2.94. The summed E-state index contributed by atoms with van der Waals surface area (Å²) in [6.45, 7) is 1.34. The minimum Gasteiger partial charge on any atom is -0.497 e. The van der Waals surface area contributed by atoms with Crippen LogP contribution in [0.25, 0.3) is 0 Å². The van der Waals surface area contributed by atoms with Crippen LogP contribution in [0.1, 0.15) is 29.6 Å². The van der Waals surface area contributed by atoms with Gasteiger partial charge in [0, 0.05) is 12.6 Å². The maximum atomic E-state index is 12.0. The molecule has 0 radical (unpaired) electrons. The lowest BCUT2D eigenvalue weighted by Crippen LogP contribution is -2.25. The molecule has 0 fully saturated rings. The average molecular weight is 266 g/mol. The van der Waals surface area contributed by atoms with E-state index in [9.17, 15) is 4.79 Å². The van der Waals surface area contributed by atoms with Crippen molar-refractivity contribution in [2.75, 3.05) is 27.3 Å². The molecule has 0 bridgehead atoms. The van der Waals surface area contributed by atoms with Crippen LogP contribution in [0, 0.1) is 0 Å². The number of nitrogens with two attached hydrogens (primary N) is 1. The van der Waals surface area contributed by atoms with Crippen LogP contribution in [0.3, 0.4) is 0 Å². The molecule has 1 aromatic rings. The van der Waals surface area contributed by atoms with E-state index in [4.69, 9.17) is 15.2 Å².